The third-order valence-electron chi connectivity index (χ3n) is 6.11. The molecule has 0 aromatic heterocycles. The topological polar surface area (TPSA) is 82.2 Å². The molecule has 1 aromatic rings. The largest absolute Gasteiger partial charge is 0.463 e. The molecule has 0 radical (unpaired) electrons. The van der Waals surface area contributed by atoms with Gasteiger partial charge < -0.3 is 15.0 Å². The number of carbonyl (C=O) groups excluding carboxylic acids is 3. The third-order valence-corrected chi connectivity index (χ3v) is 6.34. The Morgan fingerprint density at radius 3 is 2.57 bits per heavy atom. The van der Waals surface area contributed by atoms with Crippen LogP contribution in [0.3, 0.4) is 0 Å². The summed E-state index contributed by atoms with van der Waals surface area (Å²) >= 11 is 6.22. The van der Waals surface area contributed by atoms with Crippen LogP contribution in [0.25, 0.3) is 0 Å². The third kappa shape index (κ3) is 6.64. The fraction of sp³-hybridized carbons (Fsp3) is 0.500. The standard InChI is InChI=1S/C26H35ClN4O4/c1-5-10-31-21(17-29-11-13-30(14-12-29)22(32)15-18(3)4)23(25(33)35-6-2)24(28-26(31)34)19-8-7-9-20(27)16-19/h5,7-9,16,18,24H,1,6,10-15,17H2,2-4H3,(H,28,34). The van der Waals surface area contributed by atoms with Gasteiger partial charge in [-0.25, -0.2) is 9.59 Å². The van der Waals surface area contributed by atoms with Crippen LogP contribution in [0.15, 0.2) is 48.2 Å². The molecule has 3 rings (SSSR count). The minimum atomic E-state index is -0.690. The number of nitrogens with zero attached hydrogens (tertiary/aromatic N) is 3. The lowest BCUT2D eigenvalue weighted by Crippen LogP contribution is -2.54. The Morgan fingerprint density at radius 1 is 1.26 bits per heavy atom. The van der Waals surface area contributed by atoms with Crippen LogP contribution in [0.2, 0.25) is 5.02 Å². The number of nitrogens with one attached hydrogen (secondary N) is 1. The summed E-state index contributed by atoms with van der Waals surface area (Å²) in [6.07, 6.45) is 2.16. The second kappa shape index (κ2) is 12.2. The highest BCUT2D eigenvalue weighted by atomic mass is 35.5. The van der Waals surface area contributed by atoms with Crippen LogP contribution in [0.1, 0.15) is 38.8 Å². The van der Waals surface area contributed by atoms with Crippen molar-refractivity contribution in [3.05, 3.63) is 58.8 Å². The SMILES string of the molecule is C=CCN1C(=O)NC(c2cccc(Cl)c2)C(C(=O)OCC)=C1CN1CCN(C(=O)CC(C)C)CC1. The Balaban J connectivity index is 1.94. The molecule has 2 heterocycles. The van der Waals surface area contributed by atoms with Gasteiger partial charge in [-0.2, -0.15) is 0 Å². The summed E-state index contributed by atoms with van der Waals surface area (Å²) in [6, 6.07) is 6.10. The van der Waals surface area contributed by atoms with Gasteiger partial charge in [0.2, 0.25) is 5.91 Å². The Hall–Kier alpha value is -2.84. The first kappa shape index (κ1) is 26.8. The van der Waals surface area contributed by atoms with Crippen molar-refractivity contribution in [2.24, 2.45) is 5.92 Å². The van der Waals surface area contributed by atoms with Crippen LogP contribution < -0.4 is 5.32 Å². The van der Waals surface area contributed by atoms with Crippen molar-refractivity contribution in [3.63, 3.8) is 0 Å². The quantitative estimate of drug-likeness (QED) is 0.412. The highest BCUT2D eigenvalue weighted by Crippen LogP contribution is 2.33. The van der Waals surface area contributed by atoms with Gasteiger partial charge in [0.1, 0.15) is 0 Å². The fourth-order valence-corrected chi connectivity index (χ4v) is 4.63. The number of amides is 3. The minimum Gasteiger partial charge on any atom is -0.463 e. The van der Waals surface area contributed by atoms with E-state index in [0.29, 0.717) is 66.9 Å². The highest BCUT2D eigenvalue weighted by molar-refractivity contribution is 6.30. The fourth-order valence-electron chi connectivity index (χ4n) is 4.43. The van der Waals surface area contributed by atoms with E-state index >= 15 is 0 Å². The number of rotatable bonds is 9. The number of carbonyl (C=O) groups is 3. The Labute approximate surface area is 212 Å². The summed E-state index contributed by atoms with van der Waals surface area (Å²) in [5.74, 6) is -0.000770. The molecule has 3 amide bonds. The van der Waals surface area contributed by atoms with Gasteiger partial charge in [0.25, 0.3) is 0 Å². The van der Waals surface area contributed by atoms with E-state index in [2.05, 4.69) is 16.8 Å². The van der Waals surface area contributed by atoms with Gasteiger partial charge in [0.15, 0.2) is 0 Å². The van der Waals surface area contributed by atoms with Crippen molar-refractivity contribution >= 4 is 29.5 Å². The zero-order valence-corrected chi connectivity index (χ0v) is 21.5. The summed E-state index contributed by atoms with van der Waals surface area (Å²) in [6.45, 7) is 13.0. The average molecular weight is 503 g/mol. The normalized spacial score (nSPS) is 19.1. The average Bonchev–Trinajstić information content (AvgIpc) is 2.81. The van der Waals surface area contributed by atoms with Crippen molar-refractivity contribution in [2.45, 2.75) is 33.2 Å². The van der Waals surface area contributed by atoms with Crippen molar-refractivity contribution < 1.29 is 19.1 Å². The van der Waals surface area contributed by atoms with Crippen LogP contribution in [0.4, 0.5) is 4.79 Å². The smallest absolute Gasteiger partial charge is 0.338 e. The molecule has 2 aliphatic heterocycles. The van der Waals surface area contributed by atoms with E-state index in [1.54, 1.807) is 31.2 Å². The lowest BCUT2D eigenvalue weighted by molar-refractivity contribution is -0.139. The van der Waals surface area contributed by atoms with E-state index in [0.717, 1.165) is 0 Å². The van der Waals surface area contributed by atoms with Crippen molar-refractivity contribution in [1.82, 2.24) is 20.0 Å². The molecule has 1 N–H and O–H groups in total. The van der Waals surface area contributed by atoms with Gasteiger partial charge in [-0.05, 0) is 30.5 Å². The number of hydrogen-bond donors (Lipinski definition) is 1. The van der Waals surface area contributed by atoms with Gasteiger partial charge in [-0.15, -0.1) is 6.58 Å². The summed E-state index contributed by atoms with van der Waals surface area (Å²) in [5, 5.41) is 3.45. The van der Waals surface area contributed by atoms with Crippen molar-refractivity contribution in [2.75, 3.05) is 45.9 Å². The number of piperazine rings is 1. The first-order valence-corrected chi connectivity index (χ1v) is 12.5. The summed E-state index contributed by atoms with van der Waals surface area (Å²) in [4.78, 5) is 44.5. The van der Waals surface area contributed by atoms with Crippen LogP contribution in [-0.2, 0) is 14.3 Å². The molecule has 1 atom stereocenters. The first-order chi connectivity index (χ1) is 16.7. The van der Waals surface area contributed by atoms with E-state index in [1.807, 2.05) is 24.8 Å². The molecule has 190 valence electrons. The van der Waals surface area contributed by atoms with Gasteiger partial charge in [-0.1, -0.05) is 43.7 Å². The van der Waals surface area contributed by atoms with E-state index in [1.165, 1.54) is 4.90 Å². The maximum atomic E-state index is 13.2. The monoisotopic (exact) mass is 502 g/mol. The molecule has 1 fully saturated rings. The zero-order chi connectivity index (χ0) is 25.5. The van der Waals surface area contributed by atoms with E-state index < -0.39 is 12.0 Å². The molecule has 0 saturated carbocycles. The summed E-state index contributed by atoms with van der Waals surface area (Å²) in [7, 11) is 0. The molecule has 1 aromatic carbocycles. The summed E-state index contributed by atoms with van der Waals surface area (Å²) in [5.41, 5.74) is 1.67. The Kier molecular flexibility index (Phi) is 9.34. The lowest BCUT2D eigenvalue weighted by atomic mass is 9.94. The maximum Gasteiger partial charge on any atom is 0.338 e. The van der Waals surface area contributed by atoms with Crippen molar-refractivity contribution in [3.8, 4) is 0 Å². The molecule has 9 heteroatoms. The Morgan fingerprint density at radius 2 is 1.97 bits per heavy atom. The first-order valence-electron chi connectivity index (χ1n) is 12.1. The predicted molar refractivity (Wildman–Crippen MR) is 136 cm³/mol. The molecule has 0 aliphatic carbocycles. The molecule has 0 spiro atoms. The van der Waals surface area contributed by atoms with E-state index in [-0.39, 0.29) is 25.1 Å². The number of hydrogen-bond acceptors (Lipinski definition) is 5. The van der Waals surface area contributed by atoms with Crippen LogP contribution in [-0.4, -0.2) is 78.5 Å². The molecule has 8 nitrogen and oxygen atoms in total. The molecular weight excluding hydrogens is 468 g/mol. The lowest BCUT2D eigenvalue weighted by Gasteiger charge is -2.40. The van der Waals surface area contributed by atoms with Crippen LogP contribution in [0, 0.1) is 5.92 Å². The maximum absolute atomic E-state index is 13.2. The van der Waals surface area contributed by atoms with Gasteiger partial charge in [0.05, 0.1) is 18.2 Å². The number of ether oxygens (including phenoxy) is 1. The molecular formula is C26H35ClN4O4. The molecule has 35 heavy (non-hydrogen) atoms. The molecule has 2 aliphatic rings. The molecule has 1 unspecified atom stereocenters. The highest BCUT2D eigenvalue weighted by Gasteiger charge is 2.39. The van der Waals surface area contributed by atoms with Crippen molar-refractivity contribution in [1.29, 1.82) is 0 Å². The number of benzene rings is 1. The van der Waals surface area contributed by atoms with Gasteiger partial charge in [0, 0.05) is 56.4 Å². The van der Waals surface area contributed by atoms with Gasteiger partial charge in [-0.3, -0.25) is 14.6 Å². The second-order valence-electron chi connectivity index (χ2n) is 9.17. The molecule has 1 saturated heterocycles. The number of urea groups is 1. The summed E-state index contributed by atoms with van der Waals surface area (Å²) < 4.78 is 5.42. The van der Waals surface area contributed by atoms with E-state index in [4.69, 9.17) is 16.3 Å². The number of esters is 1. The number of halogens is 1. The zero-order valence-electron chi connectivity index (χ0n) is 20.8. The second-order valence-corrected chi connectivity index (χ2v) is 9.61. The van der Waals surface area contributed by atoms with E-state index in [9.17, 15) is 14.4 Å². The predicted octanol–water partition coefficient (Wildman–Crippen LogP) is 3.60. The Bertz CT molecular complexity index is 985. The van der Waals surface area contributed by atoms with Crippen LogP contribution >= 0.6 is 11.6 Å². The van der Waals surface area contributed by atoms with Gasteiger partial charge >= 0.3 is 12.0 Å². The van der Waals surface area contributed by atoms with Crippen LogP contribution in [0.5, 0.6) is 0 Å². The molecule has 0 bridgehead atoms. The minimum absolute atomic E-state index is 0.164.